The second kappa shape index (κ2) is 4.55. The summed E-state index contributed by atoms with van der Waals surface area (Å²) in [4.78, 5) is 3.77. The van der Waals surface area contributed by atoms with E-state index >= 15 is 0 Å². The highest BCUT2D eigenvalue weighted by Gasteiger charge is 2.67. The zero-order valence-corrected chi connectivity index (χ0v) is 12.9. The quantitative estimate of drug-likeness (QED) is 0.920. The highest BCUT2D eigenvalue weighted by atomic mass is 32.1. The van der Waals surface area contributed by atoms with Crippen molar-refractivity contribution in [3.63, 3.8) is 0 Å². The highest BCUT2D eigenvalue weighted by Crippen LogP contribution is 2.58. The van der Waals surface area contributed by atoms with Gasteiger partial charge in [0.05, 0.1) is 6.10 Å². The minimum absolute atomic E-state index is 0.0812. The fourth-order valence-corrected chi connectivity index (χ4v) is 4.75. The lowest BCUT2D eigenvalue weighted by Gasteiger charge is -2.63. The first-order valence-electron chi connectivity index (χ1n) is 7.06. The van der Waals surface area contributed by atoms with Crippen molar-refractivity contribution >= 4 is 11.3 Å². The van der Waals surface area contributed by atoms with Crippen LogP contribution in [0.5, 0.6) is 0 Å². The maximum atomic E-state index is 6.78. The smallest absolute Gasteiger partial charge is 0.0691 e. The Morgan fingerprint density at radius 2 is 2.32 bits per heavy atom. The van der Waals surface area contributed by atoms with E-state index in [1.165, 1.54) is 4.88 Å². The predicted molar refractivity (Wildman–Crippen MR) is 79.2 cm³/mol. The molecule has 3 rings (SSSR count). The van der Waals surface area contributed by atoms with Gasteiger partial charge in [0.2, 0.25) is 0 Å². The van der Waals surface area contributed by atoms with Gasteiger partial charge in [-0.15, -0.1) is 11.3 Å². The molecule has 0 spiro atoms. The third kappa shape index (κ3) is 1.97. The van der Waals surface area contributed by atoms with E-state index in [0.717, 1.165) is 26.1 Å². The normalized spacial score (nSPS) is 36.3. The van der Waals surface area contributed by atoms with Crippen molar-refractivity contribution in [1.29, 1.82) is 0 Å². The summed E-state index contributed by atoms with van der Waals surface area (Å²) in [6.07, 6.45) is 1.49. The molecule has 1 saturated carbocycles. The Balaban J connectivity index is 1.68. The molecule has 3 atom stereocenters. The molecule has 2 aliphatic rings. The Morgan fingerprint density at radius 1 is 1.53 bits per heavy atom. The third-order valence-corrected chi connectivity index (χ3v) is 6.06. The lowest BCUT2D eigenvalue weighted by Crippen LogP contribution is -2.77. The van der Waals surface area contributed by atoms with Crippen molar-refractivity contribution in [3.8, 4) is 0 Å². The molecule has 2 fully saturated rings. The van der Waals surface area contributed by atoms with E-state index in [1.807, 2.05) is 11.3 Å². The number of fused-ring (bicyclic) bond motifs is 1. The van der Waals surface area contributed by atoms with Gasteiger partial charge >= 0.3 is 0 Å². The maximum absolute atomic E-state index is 6.78. The molecule has 1 aliphatic carbocycles. The first-order chi connectivity index (χ1) is 8.95. The van der Waals surface area contributed by atoms with Gasteiger partial charge in [0, 0.05) is 41.4 Å². The van der Waals surface area contributed by atoms with E-state index in [0.29, 0.717) is 12.0 Å². The van der Waals surface area contributed by atoms with Gasteiger partial charge in [-0.05, 0) is 24.9 Å². The van der Waals surface area contributed by atoms with Crippen molar-refractivity contribution in [3.05, 3.63) is 22.4 Å². The molecule has 3 nitrogen and oxygen atoms in total. The molecule has 4 heteroatoms. The molecule has 0 amide bonds. The Morgan fingerprint density at radius 3 is 3.00 bits per heavy atom. The van der Waals surface area contributed by atoms with Crippen LogP contribution in [0.1, 0.15) is 25.1 Å². The number of likely N-dealkylation sites (N-methyl/N-ethyl adjacent to an activating group) is 1. The van der Waals surface area contributed by atoms with Crippen LogP contribution in [0.2, 0.25) is 0 Å². The summed E-state index contributed by atoms with van der Waals surface area (Å²) >= 11 is 1.82. The molecule has 2 heterocycles. The van der Waals surface area contributed by atoms with Gasteiger partial charge in [-0.3, -0.25) is 4.90 Å². The van der Waals surface area contributed by atoms with Crippen LogP contribution >= 0.6 is 11.3 Å². The largest absolute Gasteiger partial charge is 0.377 e. The Labute approximate surface area is 119 Å². The van der Waals surface area contributed by atoms with Gasteiger partial charge < -0.3 is 10.5 Å². The van der Waals surface area contributed by atoms with Crippen LogP contribution in [-0.4, -0.2) is 36.7 Å². The summed E-state index contributed by atoms with van der Waals surface area (Å²) in [6, 6.07) is 4.30. The zero-order chi connectivity index (χ0) is 13.7. The zero-order valence-electron chi connectivity index (χ0n) is 12.1. The molecular formula is C15H24N2OS. The van der Waals surface area contributed by atoms with Gasteiger partial charge in [0.25, 0.3) is 0 Å². The minimum Gasteiger partial charge on any atom is -0.377 e. The number of hydrogen-bond acceptors (Lipinski definition) is 4. The maximum Gasteiger partial charge on any atom is 0.0691 e. The van der Waals surface area contributed by atoms with E-state index in [2.05, 4.69) is 43.3 Å². The van der Waals surface area contributed by atoms with Gasteiger partial charge in [-0.25, -0.2) is 0 Å². The summed E-state index contributed by atoms with van der Waals surface area (Å²) < 4.78 is 5.85. The van der Waals surface area contributed by atoms with E-state index < -0.39 is 0 Å². The monoisotopic (exact) mass is 280 g/mol. The summed E-state index contributed by atoms with van der Waals surface area (Å²) in [5.74, 6) is 0.535. The molecule has 2 N–H and O–H groups in total. The average molecular weight is 280 g/mol. The van der Waals surface area contributed by atoms with Crippen molar-refractivity contribution < 1.29 is 4.74 Å². The van der Waals surface area contributed by atoms with E-state index in [9.17, 15) is 0 Å². The molecular weight excluding hydrogens is 256 g/mol. The van der Waals surface area contributed by atoms with Gasteiger partial charge in [-0.2, -0.15) is 0 Å². The fraction of sp³-hybridized carbons (Fsp3) is 0.733. The number of nitrogens with two attached hydrogens (primary N) is 1. The molecule has 3 unspecified atom stereocenters. The summed E-state index contributed by atoms with van der Waals surface area (Å²) in [5.41, 5.74) is 6.75. The second-order valence-electron chi connectivity index (χ2n) is 6.70. The Kier molecular flexibility index (Phi) is 3.25. The van der Waals surface area contributed by atoms with Crippen LogP contribution in [0.25, 0.3) is 0 Å². The van der Waals surface area contributed by atoms with Crippen LogP contribution < -0.4 is 5.73 Å². The third-order valence-electron chi connectivity index (χ3n) is 5.20. The van der Waals surface area contributed by atoms with E-state index in [1.54, 1.807) is 0 Å². The second-order valence-corrected chi connectivity index (χ2v) is 7.73. The lowest BCUT2D eigenvalue weighted by molar-refractivity contribution is -0.162. The van der Waals surface area contributed by atoms with Crippen LogP contribution in [-0.2, 0) is 11.3 Å². The van der Waals surface area contributed by atoms with Gasteiger partial charge in [0.1, 0.15) is 0 Å². The van der Waals surface area contributed by atoms with E-state index in [-0.39, 0.29) is 11.0 Å². The van der Waals surface area contributed by atoms with Crippen LogP contribution in [0, 0.1) is 11.3 Å². The first-order valence-corrected chi connectivity index (χ1v) is 7.94. The van der Waals surface area contributed by atoms with Crippen molar-refractivity contribution in [2.24, 2.45) is 17.1 Å². The number of nitrogens with zero attached hydrogens (tertiary/aromatic N) is 1. The molecule has 19 heavy (non-hydrogen) atoms. The predicted octanol–water partition coefficient (Wildman–Crippen LogP) is 2.32. The van der Waals surface area contributed by atoms with Crippen molar-refractivity contribution in [2.75, 3.05) is 20.2 Å². The summed E-state index contributed by atoms with van der Waals surface area (Å²) in [5, 5.41) is 2.13. The van der Waals surface area contributed by atoms with Crippen molar-refractivity contribution in [1.82, 2.24) is 4.90 Å². The number of ether oxygens (including phenoxy) is 1. The molecule has 1 aromatic heterocycles. The standard InChI is InChI=1S/C15H24N2OS/c1-14(2)13-12(6-7-18-13)15(14,16)10-17(3)9-11-5-4-8-19-11/h4-5,8,12-13H,6-7,9-10,16H2,1-3H3. The Bertz CT molecular complexity index is 445. The van der Waals surface area contributed by atoms with Crippen LogP contribution in [0.15, 0.2) is 17.5 Å². The fourth-order valence-electron chi connectivity index (χ4n) is 3.97. The van der Waals surface area contributed by atoms with E-state index in [4.69, 9.17) is 10.5 Å². The topological polar surface area (TPSA) is 38.5 Å². The van der Waals surface area contributed by atoms with Crippen LogP contribution in [0.3, 0.4) is 0 Å². The summed E-state index contributed by atoms with van der Waals surface area (Å²) in [6.45, 7) is 7.34. The molecule has 0 aromatic carbocycles. The molecule has 1 aliphatic heterocycles. The van der Waals surface area contributed by atoms with Gasteiger partial charge in [0.15, 0.2) is 0 Å². The first kappa shape index (κ1) is 13.6. The molecule has 106 valence electrons. The highest BCUT2D eigenvalue weighted by molar-refractivity contribution is 7.09. The van der Waals surface area contributed by atoms with Gasteiger partial charge in [-0.1, -0.05) is 19.9 Å². The SMILES string of the molecule is CN(Cc1cccs1)CC1(N)C2CCOC2C1(C)C. The molecule has 0 bridgehead atoms. The molecule has 1 saturated heterocycles. The number of rotatable bonds is 4. The number of thiophene rings is 1. The molecule has 0 radical (unpaired) electrons. The van der Waals surface area contributed by atoms with Crippen molar-refractivity contribution in [2.45, 2.75) is 38.5 Å². The summed E-state index contributed by atoms with van der Waals surface area (Å²) in [7, 11) is 2.17. The Hall–Kier alpha value is -0.420. The van der Waals surface area contributed by atoms with Crippen LogP contribution in [0.4, 0.5) is 0 Å². The number of hydrogen-bond donors (Lipinski definition) is 1. The molecule has 1 aromatic rings. The lowest BCUT2D eigenvalue weighted by atomic mass is 9.48. The minimum atomic E-state index is -0.111. The average Bonchev–Trinajstić information content (AvgIpc) is 2.97.